The molecule has 13 rings (SSSR count). The third-order valence-corrected chi connectivity index (χ3v) is 16.7. The Morgan fingerprint density at radius 1 is 0.338 bits per heavy atom. The lowest BCUT2D eigenvalue weighted by molar-refractivity contribution is 0.443. The molecule has 4 aliphatic rings. The Hall–Kier alpha value is -7.22. The molecule has 0 N–H and O–H groups in total. The Balaban J connectivity index is 0.991. The first kappa shape index (κ1) is 41.0. The SMILES string of the molecule is CC1(C)c2ccccc2-c2cccc(-c3cccc4c3C(C)(C)c3cc(N(c5ccc(C6CCCCC6)cc5)c5ccc6c(c5)C(c5ccccc5)(c5ccccc5)c5ccccc5-6)ccc3-4)c21. The number of benzene rings is 9. The Bertz CT molecular complexity index is 3380. The lowest BCUT2D eigenvalue weighted by Crippen LogP contribution is -2.28. The average Bonchev–Trinajstić information content (AvgIpc) is 3.92. The van der Waals surface area contributed by atoms with Crippen LogP contribution < -0.4 is 4.90 Å². The van der Waals surface area contributed by atoms with Gasteiger partial charge >= 0.3 is 0 Å². The third-order valence-electron chi connectivity index (χ3n) is 16.7. The third kappa shape index (κ3) is 5.87. The number of anilines is 3. The molecule has 0 heterocycles. The summed E-state index contributed by atoms with van der Waals surface area (Å²) >= 11 is 0. The molecule has 330 valence electrons. The molecular formula is C67H57N. The minimum absolute atomic E-state index is 0.114. The van der Waals surface area contributed by atoms with E-state index in [0.717, 1.165) is 5.69 Å². The highest BCUT2D eigenvalue weighted by Crippen LogP contribution is 2.60. The summed E-state index contributed by atoms with van der Waals surface area (Å²) in [5.41, 5.74) is 25.6. The normalized spacial score (nSPS) is 16.5. The summed E-state index contributed by atoms with van der Waals surface area (Å²) in [6.45, 7) is 9.73. The number of hydrogen-bond donors (Lipinski definition) is 0. The van der Waals surface area contributed by atoms with Crippen molar-refractivity contribution in [3.63, 3.8) is 0 Å². The van der Waals surface area contributed by atoms with Gasteiger partial charge in [0.25, 0.3) is 0 Å². The Morgan fingerprint density at radius 3 is 1.32 bits per heavy atom. The van der Waals surface area contributed by atoms with E-state index in [4.69, 9.17) is 0 Å². The molecule has 1 fully saturated rings. The predicted octanol–water partition coefficient (Wildman–Crippen LogP) is 17.8. The van der Waals surface area contributed by atoms with Crippen molar-refractivity contribution in [1.29, 1.82) is 0 Å². The lowest BCUT2D eigenvalue weighted by Gasteiger charge is -2.35. The highest BCUT2D eigenvalue weighted by atomic mass is 15.1. The van der Waals surface area contributed by atoms with Gasteiger partial charge in [0.1, 0.15) is 0 Å². The molecule has 0 unspecified atom stereocenters. The van der Waals surface area contributed by atoms with Crippen LogP contribution in [0.25, 0.3) is 44.5 Å². The molecule has 0 spiro atoms. The van der Waals surface area contributed by atoms with Crippen LogP contribution in [-0.4, -0.2) is 0 Å². The molecule has 68 heavy (non-hydrogen) atoms. The van der Waals surface area contributed by atoms with Crippen molar-refractivity contribution in [2.45, 2.75) is 82.0 Å². The summed E-state index contributed by atoms with van der Waals surface area (Å²) in [6, 6.07) is 78.8. The maximum atomic E-state index is 2.54. The zero-order valence-corrected chi connectivity index (χ0v) is 39.7. The standard InChI is InChI=1S/C67H57N/c1-65(2)59-32-16-14-27-52(59)55-28-18-30-57(63(55)65)58-31-19-29-56-54-41-39-49(42-61(54)66(3,4)64(56)58)68(48-36-34-45(35-37-48)44-20-8-5-9-21-44)50-38-40-53-51-26-15-17-33-60(51)67(62(53)43-50,46-22-10-6-11-23-46)47-24-12-7-13-25-47/h6-7,10-19,22-44H,5,8-9,20-21H2,1-4H3. The smallest absolute Gasteiger partial charge is 0.0714 e. The summed E-state index contributed by atoms with van der Waals surface area (Å²) < 4.78 is 0. The first-order valence-electron chi connectivity index (χ1n) is 25.0. The van der Waals surface area contributed by atoms with Crippen LogP contribution in [0.5, 0.6) is 0 Å². The highest BCUT2D eigenvalue weighted by Gasteiger charge is 2.47. The molecule has 4 aliphatic carbocycles. The summed E-state index contributed by atoms with van der Waals surface area (Å²) in [4.78, 5) is 2.54. The van der Waals surface area contributed by atoms with E-state index in [-0.39, 0.29) is 10.8 Å². The number of rotatable bonds is 7. The van der Waals surface area contributed by atoms with Crippen molar-refractivity contribution in [3.8, 4) is 44.5 Å². The van der Waals surface area contributed by atoms with Gasteiger partial charge in [-0.25, -0.2) is 0 Å². The van der Waals surface area contributed by atoms with Crippen molar-refractivity contribution >= 4 is 17.1 Å². The van der Waals surface area contributed by atoms with Gasteiger partial charge in [-0.15, -0.1) is 0 Å². The van der Waals surface area contributed by atoms with Gasteiger partial charge in [0.2, 0.25) is 0 Å². The van der Waals surface area contributed by atoms with Crippen LogP contribution in [0.3, 0.4) is 0 Å². The maximum Gasteiger partial charge on any atom is 0.0714 e. The maximum absolute atomic E-state index is 2.54. The van der Waals surface area contributed by atoms with E-state index >= 15 is 0 Å². The highest BCUT2D eigenvalue weighted by molar-refractivity contribution is 5.95. The Morgan fingerprint density at radius 2 is 0.750 bits per heavy atom. The Kier molecular flexibility index (Phi) is 9.29. The molecule has 0 aliphatic heterocycles. The van der Waals surface area contributed by atoms with Crippen molar-refractivity contribution in [1.82, 2.24) is 0 Å². The van der Waals surface area contributed by atoms with Crippen LogP contribution in [-0.2, 0) is 16.2 Å². The molecule has 0 aromatic heterocycles. The van der Waals surface area contributed by atoms with Crippen molar-refractivity contribution in [3.05, 3.63) is 256 Å². The lowest BCUT2D eigenvalue weighted by atomic mass is 9.67. The van der Waals surface area contributed by atoms with E-state index in [0.29, 0.717) is 5.92 Å². The largest absolute Gasteiger partial charge is 0.310 e. The van der Waals surface area contributed by atoms with Gasteiger partial charge in [0, 0.05) is 27.9 Å². The molecule has 0 atom stereocenters. The van der Waals surface area contributed by atoms with Crippen LogP contribution in [0.15, 0.2) is 206 Å². The van der Waals surface area contributed by atoms with Crippen molar-refractivity contribution in [2.75, 3.05) is 4.90 Å². The fourth-order valence-corrected chi connectivity index (χ4v) is 13.7. The molecule has 9 aromatic rings. The van der Waals surface area contributed by atoms with Gasteiger partial charge in [0.15, 0.2) is 0 Å². The second kappa shape index (κ2) is 15.4. The number of fused-ring (bicyclic) bond motifs is 9. The van der Waals surface area contributed by atoms with E-state index < -0.39 is 5.41 Å². The van der Waals surface area contributed by atoms with E-state index in [1.807, 2.05) is 0 Å². The fraction of sp³-hybridized carbons (Fsp3) is 0.194. The van der Waals surface area contributed by atoms with Crippen LogP contribution in [0.2, 0.25) is 0 Å². The molecule has 1 heteroatoms. The number of hydrogen-bond acceptors (Lipinski definition) is 1. The van der Waals surface area contributed by atoms with Gasteiger partial charge in [-0.05, 0) is 150 Å². The number of nitrogens with zero attached hydrogens (tertiary/aromatic N) is 1. The molecule has 0 bridgehead atoms. The van der Waals surface area contributed by atoms with Crippen molar-refractivity contribution < 1.29 is 0 Å². The van der Waals surface area contributed by atoms with Gasteiger partial charge in [-0.2, -0.15) is 0 Å². The summed E-state index contributed by atoms with van der Waals surface area (Å²) in [6.07, 6.45) is 6.59. The first-order chi connectivity index (χ1) is 33.3. The summed E-state index contributed by atoms with van der Waals surface area (Å²) in [5.74, 6) is 0.640. The zero-order chi connectivity index (χ0) is 45.8. The van der Waals surface area contributed by atoms with Crippen molar-refractivity contribution in [2.24, 2.45) is 0 Å². The molecule has 1 saturated carbocycles. The van der Waals surface area contributed by atoms with Gasteiger partial charge in [-0.3, -0.25) is 0 Å². The fourth-order valence-electron chi connectivity index (χ4n) is 13.7. The Labute approximate surface area is 402 Å². The monoisotopic (exact) mass is 875 g/mol. The first-order valence-corrected chi connectivity index (χ1v) is 25.0. The molecule has 0 radical (unpaired) electrons. The van der Waals surface area contributed by atoms with Crippen LogP contribution >= 0.6 is 0 Å². The minimum Gasteiger partial charge on any atom is -0.310 e. The summed E-state index contributed by atoms with van der Waals surface area (Å²) in [7, 11) is 0. The van der Waals surface area contributed by atoms with Crippen LogP contribution in [0.4, 0.5) is 17.1 Å². The van der Waals surface area contributed by atoms with Gasteiger partial charge in [-0.1, -0.05) is 217 Å². The van der Waals surface area contributed by atoms with E-state index in [9.17, 15) is 0 Å². The molecule has 1 nitrogen and oxygen atoms in total. The topological polar surface area (TPSA) is 3.24 Å². The van der Waals surface area contributed by atoms with Crippen LogP contribution in [0.1, 0.15) is 116 Å². The van der Waals surface area contributed by atoms with E-state index in [1.54, 1.807) is 0 Å². The van der Waals surface area contributed by atoms with E-state index in [1.165, 1.54) is 138 Å². The zero-order valence-electron chi connectivity index (χ0n) is 39.7. The molecular weight excluding hydrogens is 819 g/mol. The quantitative estimate of drug-likeness (QED) is 0.154. The second-order valence-corrected chi connectivity index (χ2v) is 21.0. The summed E-state index contributed by atoms with van der Waals surface area (Å²) in [5, 5.41) is 0. The second-order valence-electron chi connectivity index (χ2n) is 21.0. The van der Waals surface area contributed by atoms with E-state index in [2.05, 4.69) is 239 Å². The van der Waals surface area contributed by atoms with Gasteiger partial charge in [0.05, 0.1) is 5.41 Å². The van der Waals surface area contributed by atoms with Gasteiger partial charge < -0.3 is 4.90 Å². The average molecular weight is 876 g/mol. The predicted molar refractivity (Wildman–Crippen MR) is 285 cm³/mol. The minimum atomic E-state index is -0.494. The van der Waals surface area contributed by atoms with Crippen LogP contribution in [0, 0.1) is 0 Å². The molecule has 0 saturated heterocycles. The molecule has 9 aromatic carbocycles. The molecule has 0 amide bonds.